The van der Waals surface area contributed by atoms with Crippen molar-refractivity contribution in [2.45, 2.75) is 0 Å². The highest BCUT2D eigenvalue weighted by Crippen LogP contribution is 2.28. The van der Waals surface area contributed by atoms with Crippen LogP contribution in [0.3, 0.4) is 0 Å². The highest BCUT2D eigenvalue weighted by molar-refractivity contribution is 5.65. The molecule has 0 saturated heterocycles. The zero-order valence-electron chi connectivity index (χ0n) is 12.5. The maximum atomic E-state index is 6.11. The first-order chi connectivity index (χ1) is 10.7. The number of hydrogen-bond acceptors (Lipinski definition) is 4. The minimum atomic E-state index is 0.551. The fourth-order valence-electron chi connectivity index (χ4n) is 2.30. The number of ether oxygens (including phenoxy) is 2. The SMILES string of the molecule is COc1ccc(-c2cc(N)n(-c3ccccc3OC)n2)cc1. The number of benzene rings is 2. The number of nitrogens with two attached hydrogens (primary N) is 1. The Morgan fingerprint density at radius 3 is 2.36 bits per heavy atom. The van der Waals surface area contributed by atoms with Crippen LogP contribution in [-0.4, -0.2) is 24.0 Å². The van der Waals surface area contributed by atoms with Gasteiger partial charge in [0.05, 0.1) is 19.9 Å². The van der Waals surface area contributed by atoms with Crippen molar-refractivity contribution in [2.75, 3.05) is 20.0 Å². The van der Waals surface area contributed by atoms with Crippen molar-refractivity contribution < 1.29 is 9.47 Å². The van der Waals surface area contributed by atoms with Crippen LogP contribution in [0.1, 0.15) is 0 Å². The lowest BCUT2D eigenvalue weighted by Gasteiger charge is -2.09. The molecule has 22 heavy (non-hydrogen) atoms. The fraction of sp³-hybridized carbons (Fsp3) is 0.118. The van der Waals surface area contributed by atoms with Gasteiger partial charge >= 0.3 is 0 Å². The Balaban J connectivity index is 2.03. The Hall–Kier alpha value is -2.95. The van der Waals surface area contributed by atoms with E-state index < -0.39 is 0 Å². The molecule has 5 nitrogen and oxygen atoms in total. The number of nitrogens with zero attached hydrogens (tertiary/aromatic N) is 2. The Kier molecular flexibility index (Phi) is 3.70. The number of hydrogen-bond donors (Lipinski definition) is 1. The molecular weight excluding hydrogens is 278 g/mol. The van der Waals surface area contributed by atoms with Gasteiger partial charge in [-0.15, -0.1) is 0 Å². The summed E-state index contributed by atoms with van der Waals surface area (Å²) in [5.74, 6) is 2.08. The molecule has 0 aliphatic heterocycles. The molecule has 0 aliphatic rings. The van der Waals surface area contributed by atoms with Gasteiger partial charge in [0.2, 0.25) is 0 Å². The second-order valence-electron chi connectivity index (χ2n) is 4.77. The van der Waals surface area contributed by atoms with Gasteiger partial charge in [-0.2, -0.15) is 5.10 Å². The Morgan fingerprint density at radius 2 is 1.68 bits per heavy atom. The zero-order chi connectivity index (χ0) is 15.5. The molecule has 2 aromatic carbocycles. The molecule has 1 heterocycles. The molecule has 0 atom stereocenters. The van der Waals surface area contributed by atoms with Crippen LogP contribution in [-0.2, 0) is 0 Å². The van der Waals surface area contributed by atoms with Gasteiger partial charge in [0.1, 0.15) is 23.0 Å². The summed E-state index contributed by atoms with van der Waals surface area (Å²) >= 11 is 0. The summed E-state index contributed by atoms with van der Waals surface area (Å²) < 4.78 is 12.2. The highest BCUT2D eigenvalue weighted by Gasteiger charge is 2.12. The first-order valence-corrected chi connectivity index (χ1v) is 6.86. The average molecular weight is 295 g/mol. The predicted octanol–water partition coefficient (Wildman–Crippen LogP) is 3.14. The minimum absolute atomic E-state index is 0.551. The van der Waals surface area contributed by atoms with Gasteiger partial charge < -0.3 is 15.2 Å². The van der Waals surface area contributed by atoms with Gasteiger partial charge in [-0.3, -0.25) is 0 Å². The normalized spacial score (nSPS) is 10.5. The molecule has 5 heteroatoms. The van der Waals surface area contributed by atoms with E-state index in [1.54, 1.807) is 18.9 Å². The molecular formula is C17H17N3O2. The third kappa shape index (κ3) is 2.48. The van der Waals surface area contributed by atoms with Crippen LogP contribution in [0.4, 0.5) is 5.82 Å². The molecule has 0 aliphatic carbocycles. The summed E-state index contributed by atoms with van der Waals surface area (Å²) in [5.41, 5.74) is 8.69. The maximum absolute atomic E-state index is 6.11. The van der Waals surface area contributed by atoms with Crippen LogP contribution in [0.25, 0.3) is 16.9 Å². The standard InChI is InChI=1S/C17H17N3O2/c1-21-13-9-7-12(8-10-13)14-11-17(18)20(19-14)15-5-3-4-6-16(15)22-2/h3-11H,18H2,1-2H3. The molecule has 112 valence electrons. The molecule has 0 bridgehead atoms. The first-order valence-electron chi connectivity index (χ1n) is 6.86. The van der Waals surface area contributed by atoms with Crippen molar-refractivity contribution in [1.29, 1.82) is 0 Å². The van der Waals surface area contributed by atoms with Crippen LogP contribution in [0.2, 0.25) is 0 Å². The summed E-state index contributed by atoms with van der Waals surface area (Å²) in [5, 5.41) is 4.59. The van der Waals surface area contributed by atoms with Crippen LogP contribution in [0, 0.1) is 0 Å². The minimum Gasteiger partial charge on any atom is -0.497 e. The van der Waals surface area contributed by atoms with Crippen molar-refractivity contribution >= 4 is 5.82 Å². The van der Waals surface area contributed by atoms with E-state index in [1.807, 2.05) is 54.6 Å². The van der Waals surface area contributed by atoms with Gasteiger partial charge in [0, 0.05) is 11.6 Å². The topological polar surface area (TPSA) is 62.3 Å². The molecule has 3 aromatic rings. The van der Waals surface area contributed by atoms with Crippen molar-refractivity contribution in [2.24, 2.45) is 0 Å². The third-order valence-corrected chi connectivity index (χ3v) is 3.44. The molecule has 0 fully saturated rings. The summed E-state index contributed by atoms with van der Waals surface area (Å²) in [7, 11) is 3.27. The van der Waals surface area contributed by atoms with Crippen molar-refractivity contribution in [3.63, 3.8) is 0 Å². The lowest BCUT2D eigenvalue weighted by atomic mass is 10.1. The van der Waals surface area contributed by atoms with Crippen LogP contribution in [0.15, 0.2) is 54.6 Å². The lowest BCUT2D eigenvalue weighted by Crippen LogP contribution is -2.03. The molecule has 0 saturated carbocycles. The van der Waals surface area contributed by atoms with E-state index in [-0.39, 0.29) is 0 Å². The molecule has 0 spiro atoms. The zero-order valence-corrected chi connectivity index (χ0v) is 12.5. The van der Waals surface area contributed by atoms with E-state index in [1.165, 1.54) is 0 Å². The maximum Gasteiger partial charge on any atom is 0.144 e. The smallest absolute Gasteiger partial charge is 0.144 e. The summed E-state index contributed by atoms with van der Waals surface area (Å²) in [4.78, 5) is 0. The van der Waals surface area contributed by atoms with Crippen molar-refractivity contribution in [1.82, 2.24) is 9.78 Å². The molecule has 3 rings (SSSR count). The Morgan fingerprint density at radius 1 is 0.955 bits per heavy atom. The van der Waals surface area contributed by atoms with E-state index in [9.17, 15) is 0 Å². The van der Waals surface area contributed by atoms with Crippen LogP contribution in [0.5, 0.6) is 11.5 Å². The Bertz CT molecular complexity index is 779. The molecule has 0 amide bonds. The average Bonchev–Trinajstić information content (AvgIpc) is 2.96. The predicted molar refractivity (Wildman–Crippen MR) is 86.5 cm³/mol. The van der Waals surface area contributed by atoms with E-state index in [0.29, 0.717) is 5.82 Å². The Labute approximate surface area is 128 Å². The number of methoxy groups -OCH3 is 2. The summed E-state index contributed by atoms with van der Waals surface area (Å²) in [6, 6.07) is 17.2. The van der Waals surface area contributed by atoms with Crippen molar-refractivity contribution in [3.8, 4) is 28.4 Å². The fourth-order valence-corrected chi connectivity index (χ4v) is 2.30. The van der Waals surface area contributed by atoms with Crippen LogP contribution >= 0.6 is 0 Å². The largest absolute Gasteiger partial charge is 0.497 e. The number of aromatic nitrogens is 2. The summed E-state index contributed by atoms with van der Waals surface area (Å²) in [6.45, 7) is 0. The number of rotatable bonds is 4. The number of para-hydroxylation sites is 2. The second-order valence-corrected chi connectivity index (χ2v) is 4.77. The second kappa shape index (κ2) is 5.81. The van der Waals surface area contributed by atoms with E-state index in [2.05, 4.69) is 5.10 Å². The van der Waals surface area contributed by atoms with Gasteiger partial charge in [-0.1, -0.05) is 12.1 Å². The molecule has 0 radical (unpaired) electrons. The molecule has 1 aromatic heterocycles. The number of nitrogen functional groups attached to an aromatic ring is 1. The third-order valence-electron chi connectivity index (χ3n) is 3.44. The monoisotopic (exact) mass is 295 g/mol. The highest BCUT2D eigenvalue weighted by atomic mass is 16.5. The lowest BCUT2D eigenvalue weighted by molar-refractivity contribution is 0.412. The molecule has 0 unspecified atom stereocenters. The van der Waals surface area contributed by atoms with Crippen LogP contribution < -0.4 is 15.2 Å². The van der Waals surface area contributed by atoms with Gasteiger partial charge in [0.25, 0.3) is 0 Å². The van der Waals surface area contributed by atoms with Crippen molar-refractivity contribution in [3.05, 3.63) is 54.6 Å². The van der Waals surface area contributed by atoms with Gasteiger partial charge in [0.15, 0.2) is 0 Å². The number of anilines is 1. The summed E-state index contributed by atoms with van der Waals surface area (Å²) in [6.07, 6.45) is 0. The van der Waals surface area contributed by atoms with E-state index in [0.717, 1.165) is 28.4 Å². The molecule has 2 N–H and O–H groups in total. The van der Waals surface area contributed by atoms with Gasteiger partial charge in [-0.05, 0) is 36.4 Å². The van der Waals surface area contributed by atoms with Gasteiger partial charge in [-0.25, -0.2) is 4.68 Å². The van der Waals surface area contributed by atoms with E-state index in [4.69, 9.17) is 15.2 Å². The van der Waals surface area contributed by atoms with E-state index >= 15 is 0 Å². The quantitative estimate of drug-likeness (QED) is 0.803. The first kappa shape index (κ1) is 14.0.